The first-order chi connectivity index (χ1) is 17.4. The fourth-order valence-electron chi connectivity index (χ4n) is 3.43. The topological polar surface area (TPSA) is 99.2 Å². The minimum Gasteiger partial charge on any atom is -0.493 e. The van der Waals surface area contributed by atoms with Gasteiger partial charge in [-0.3, -0.25) is 14.4 Å². The molecule has 8 nitrogen and oxygen atoms in total. The molecule has 0 radical (unpaired) electrons. The van der Waals surface area contributed by atoms with Crippen LogP contribution in [-0.4, -0.2) is 30.4 Å². The van der Waals surface area contributed by atoms with E-state index in [2.05, 4.69) is 11.3 Å². The lowest BCUT2D eigenvalue weighted by Gasteiger charge is -2.14. The Kier molecular flexibility index (Phi) is 7.36. The fraction of sp³-hybridized carbons (Fsp3) is 0.0714. The van der Waals surface area contributed by atoms with Crippen molar-refractivity contribution in [3.8, 4) is 22.6 Å². The highest BCUT2D eigenvalue weighted by molar-refractivity contribution is 6.28. The SMILES string of the molecule is C=COC(=O)CCOc1ccc(-c2ccc(OC(=O)c3ccc(N4C(=O)C=CC4=O)cc3)cc2)cc1. The number of hydrogen-bond acceptors (Lipinski definition) is 7. The van der Waals surface area contributed by atoms with Crippen LogP contribution in [0.4, 0.5) is 5.69 Å². The zero-order chi connectivity index (χ0) is 25.5. The summed E-state index contributed by atoms with van der Waals surface area (Å²) in [5, 5.41) is 0. The lowest BCUT2D eigenvalue weighted by atomic mass is 10.1. The molecule has 0 fully saturated rings. The molecule has 2 amide bonds. The summed E-state index contributed by atoms with van der Waals surface area (Å²) in [6.07, 6.45) is 3.60. The Bertz CT molecular complexity index is 1310. The van der Waals surface area contributed by atoms with E-state index in [9.17, 15) is 19.2 Å². The number of esters is 2. The van der Waals surface area contributed by atoms with E-state index in [0.29, 0.717) is 17.2 Å². The molecule has 0 bridgehead atoms. The summed E-state index contributed by atoms with van der Waals surface area (Å²) in [5.41, 5.74) is 2.50. The molecular weight excluding hydrogens is 462 g/mol. The summed E-state index contributed by atoms with van der Waals surface area (Å²) in [6.45, 7) is 3.52. The van der Waals surface area contributed by atoms with Gasteiger partial charge in [0.05, 0.1) is 30.5 Å². The largest absolute Gasteiger partial charge is 0.493 e. The van der Waals surface area contributed by atoms with E-state index in [1.54, 1.807) is 24.3 Å². The van der Waals surface area contributed by atoms with Gasteiger partial charge in [-0.05, 0) is 59.7 Å². The van der Waals surface area contributed by atoms with Crippen molar-refractivity contribution < 1.29 is 33.4 Å². The number of anilines is 1. The average Bonchev–Trinajstić information content (AvgIpc) is 3.23. The molecule has 0 spiro atoms. The molecular formula is C28H21NO7. The molecule has 0 aliphatic carbocycles. The van der Waals surface area contributed by atoms with E-state index < -0.39 is 23.8 Å². The zero-order valence-electron chi connectivity index (χ0n) is 19.1. The monoisotopic (exact) mass is 483 g/mol. The first-order valence-corrected chi connectivity index (χ1v) is 11.0. The number of benzene rings is 3. The maximum atomic E-state index is 12.5. The number of carbonyl (C=O) groups excluding carboxylic acids is 4. The summed E-state index contributed by atoms with van der Waals surface area (Å²) in [5.74, 6) is -0.839. The molecule has 180 valence electrons. The molecule has 1 aliphatic heterocycles. The first-order valence-electron chi connectivity index (χ1n) is 11.0. The smallest absolute Gasteiger partial charge is 0.343 e. The maximum Gasteiger partial charge on any atom is 0.343 e. The Balaban J connectivity index is 1.32. The van der Waals surface area contributed by atoms with Gasteiger partial charge >= 0.3 is 11.9 Å². The van der Waals surface area contributed by atoms with Crippen molar-refractivity contribution in [1.29, 1.82) is 0 Å². The van der Waals surface area contributed by atoms with Crippen molar-refractivity contribution in [3.63, 3.8) is 0 Å². The molecule has 0 unspecified atom stereocenters. The van der Waals surface area contributed by atoms with Crippen molar-refractivity contribution in [2.45, 2.75) is 6.42 Å². The van der Waals surface area contributed by atoms with Gasteiger partial charge in [0.1, 0.15) is 11.5 Å². The molecule has 4 rings (SSSR count). The van der Waals surface area contributed by atoms with Crippen LogP contribution in [0.5, 0.6) is 11.5 Å². The number of ether oxygens (including phenoxy) is 3. The third kappa shape index (κ3) is 5.74. The van der Waals surface area contributed by atoms with Crippen LogP contribution in [0.1, 0.15) is 16.8 Å². The minimum absolute atomic E-state index is 0.118. The van der Waals surface area contributed by atoms with Crippen LogP contribution in [0, 0.1) is 0 Å². The van der Waals surface area contributed by atoms with Crippen LogP contribution in [0.25, 0.3) is 11.1 Å². The summed E-state index contributed by atoms with van der Waals surface area (Å²) in [4.78, 5) is 48.4. The number of carbonyl (C=O) groups is 4. The van der Waals surface area contributed by atoms with E-state index >= 15 is 0 Å². The number of hydrogen-bond donors (Lipinski definition) is 0. The molecule has 36 heavy (non-hydrogen) atoms. The predicted molar refractivity (Wildman–Crippen MR) is 131 cm³/mol. The Hall–Kier alpha value is -4.98. The Morgan fingerprint density at radius 2 is 1.33 bits per heavy atom. The fourth-order valence-corrected chi connectivity index (χ4v) is 3.43. The summed E-state index contributed by atoms with van der Waals surface area (Å²) in [7, 11) is 0. The van der Waals surface area contributed by atoms with Gasteiger partial charge in [-0.1, -0.05) is 30.8 Å². The Morgan fingerprint density at radius 1 is 0.778 bits per heavy atom. The molecule has 0 aromatic heterocycles. The highest BCUT2D eigenvalue weighted by atomic mass is 16.5. The first kappa shape index (κ1) is 24.2. The van der Waals surface area contributed by atoms with Crippen LogP contribution in [0.15, 0.2) is 97.8 Å². The second-order valence-corrected chi connectivity index (χ2v) is 7.59. The molecule has 8 heteroatoms. The molecule has 0 saturated carbocycles. The van der Waals surface area contributed by atoms with Crippen molar-refractivity contribution in [3.05, 3.63) is 103 Å². The van der Waals surface area contributed by atoms with Crippen molar-refractivity contribution in [1.82, 2.24) is 0 Å². The van der Waals surface area contributed by atoms with Gasteiger partial charge in [0.2, 0.25) is 0 Å². The average molecular weight is 483 g/mol. The van der Waals surface area contributed by atoms with Gasteiger partial charge < -0.3 is 14.2 Å². The van der Waals surface area contributed by atoms with Crippen molar-refractivity contribution in [2.75, 3.05) is 11.5 Å². The van der Waals surface area contributed by atoms with Gasteiger partial charge in [-0.15, -0.1) is 0 Å². The van der Waals surface area contributed by atoms with E-state index in [0.717, 1.165) is 22.3 Å². The standard InChI is InChI=1S/C28H21NO7/c1-2-34-27(32)17-18-35-23-11-5-19(6-12-23)20-7-13-24(14-8-20)36-28(33)21-3-9-22(10-4-21)29-25(30)15-16-26(29)31/h2-16H,1,17-18H2. The number of rotatable bonds is 9. The van der Waals surface area contributed by atoms with Crippen LogP contribution in [0.2, 0.25) is 0 Å². The van der Waals surface area contributed by atoms with E-state index in [1.807, 2.05) is 24.3 Å². The molecule has 0 N–H and O–H groups in total. The van der Waals surface area contributed by atoms with Crippen molar-refractivity contribution >= 4 is 29.4 Å². The van der Waals surface area contributed by atoms with E-state index in [1.165, 1.54) is 36.4 Å². The van der Waals surface area contributed by atoms with E-state index in [-0.39, 0.29) is 18.6 Å². The minimum atomic E-state index is -0.565. The summed E-state index contributed by atoms with van der Waals surface area (Å²) in [6, 6.07) is 20.4. The third-order valence-corrected chi connectivity index (χ3v) is 5.21. The van der Waals surface area contributed by atoms with Crippen molar-refractivity contribution in [2.24, 2.45) is 0 Å². The Morgan fingerprint density at radius 3 is 1.89 bits per heavy atom. The molecule has 3 aromatic carbocycles. The highest BCUT2D eigenvalue weighted by Crippen LogP contribution is 2.26. The normalized spacial score (nSPS) is 12.4. The Labute approximate surface area is 207 Å². The highest BCUT2D eigenvalue weighted by Gasteiger charge is 2.25. The third-order valence-electron chi connectivity index (χ3n) is 5.21. The maximum absolute atomic E-state index is 12.5. The molecule has 1 aliphatic rings. The quantitative estimate of drug-likeness (QED) is 0.192. The molecule has 3 aromatic rings. The van der Waals surface area contributed by atoms with Gasteiger partial charge in [-0.2, -0.15) is 0 Å². The van der Waals surface area contributed by atoms with Crippen LogP contribution in [-0.2, 0) is 19.1 Å². The van der Waals surface area contributed by atoms with Crippen LogP contribution >= 0.6 is 0 Å². The lowest BCUT2D eigenvalue weighted by molar-refractivity contribution is -0.138. The molecule has 1 heterocycles. The number of imide groups is 1. The number of nitrogens with zero attached hydrogens (tertiary/aromatic N) is 1. The van der Waals surface area contributed by atoms with Gasteiger partial charge in [0.25, 0.3) is 11.8 Å². The van der Waals surface area contributed by atoms with Gasteiger partial charge in [0.15, 0.2) is 0 Å². The lowest BCUT2D eigenvalue weighted by Crippen LogP contribution is -2.29. The predicted octanol–water partition coefficient (Wildman–Crippen LogP) is 4.46. The number of amides is 2. The second kappa shape index (κ2) is 11.0. The van der Waals surface area contributed by atoms with Gasteiger partial charge in [0, 0.05) is 12.2 Å². The van der Waals surface area contributed by atoms with E-state index in [4.69, 9.17) is 9.47 Å². The second-order valence-electron chi connectivity index (χ2n) is 7.59. The van der Waals surface area contributed by atoms with Gasteiger partial charge in [-0.25, -0.2) is 9.69 Å². The molecule has 0 atom stereocenters. The molecule has 0 saturated heterocycles. The summed E-state index contributed by atoms with van der Waals surface area (Å²) >= 11 is 0. The summed E-state index contributed by atoms with van der Waals surface area (Å²) < 4.78 is 15.6. The zero-order valence-corrected chi connectivity index (χ0v) is 19.1. The van der Waals surface area contributed by atoms with Crippen LogP contribution < -0.4 is 14.4 Å². The van der Waals surface area contributed by atoms with Crippen LogP contribution in [0.3, 0.4) is 0 Å².